The number of rotatable bonds is 5. The summed E-state index contributed by atoms with van der Waals surface area (Å²) < 4.78 is 0. The van der Waals surface area contributed by atoms with Crippen LogP contribution >= 0.6 is 0 Å². The van der Waals surface area contributed by atoms with Crippen molar-refractivity contribution in [2.24, 2.45) is 0 Å². The molecule has 1 aliphatic heterocycles. The summed E-state index contributed by atoms with van der Waals surface area (Å²) in [6, 6.07) is 28.2. The molecule has 0 atom stereocenters. The highest BCUT2D eigenvalue weighted by molar-refractivity contribution is 6.15. The van der Waals surface area contributed by atoms with Crippen LogP contribution in [-0.2, 0) is 0 Å². The SMILES string of the molecule is Cc1nc(-c2ccccc2)cc(N2CCN(C(=O)c3ccccc3C(=O)c3ccccc3)CC2)n1. The van der Waals surface area contributed by atoms with Gasteiger partial charge in [-0.15, -0.1) is 0 Å². The molecular formula is C29H26N4O2. The van der Waals surface area contributed by atoms with Crippen LogP contribution in [0.15, 0.2) is 91.0 Å². The van der Waals surface area contributed by atoms with Crippen molar-refractivity contribution in [1.82, 2.24) is 14.9 Å². The third kappa shape index (κ3) is 4.82. The highest BCUT2D eigenvalue weighted by Crippen LogP contribution is 2.23. The van der Waals surface area contributed by atoms with Gasteiger partial charge in [-0.1, -0.05) is 78.9 Å². The van der Waals surface area contributed by atoms with Crippen LogP contribution in [0.1, 0.15) is 32.1 Å². The number of ketones is 1. The molecule has 5 rings (SSSR count). The molecule has 174 valence electrons. The highest BCUT2D eigenvalue weighted by atomic mass is 16.2. The molecule has 0 saturated carbocycles. The van der Waals surface area contributed by atoms with Crippen molar-refractivity contribution >= 4 is 17.5 Å². The number of piperazine rings is 1. The summed E-state index contributed by atoms with van der Waals surface area (Å²) in [5.41, 5.74) is 3.39. The molecule has 6 heteroatoms. The molecule has 2 heterocycles. The fourth-order valence-electron chi connectivity index (χ4n) is 4.39. The summed E-state index contributed by atoms with van der Waals surface area (Å²) in [5, 5.41) is 0. The molecule has 1 fully saturated rings. The number of anilines is 1. The number of hydrogen-bond acceptors (Lipinski definition) is 5. The molecule has 3 aromatic carbocycles. The molecule has 0 aliphatic carbocycles. The van der Waals surface area contributed by atoms with Gasteiger partial charge >= 0.3 is 0 Å². The highest BCUT2D eigenvalue weighted by Gasteiger charge is 2.26. The summed E-state index contributed by atoms with van der Waals surface area (Å²) >= 11 is 0. The standard InChI is InChI=1S/C29H26N4O2/c1-21-30-26(22-10-4-2-5-11-22)20-27(31-21)32-16-18-33(19-17-32)29(35)25-15-9-8-14-24(25)28(34)23-12-6-3-7-13-23/h2-15,20H,16-19H2,1H3. The third-order valence-electron chi connectivity index (χ3n) is 6.22. The van der Waals surface area contributed by atoms with Crippen molar-refractivity contribution in [2.45, 2.75) is 6.92 Å². The molecule has 1 aliphatic rings. The summed E-state index contributed by atoms with van der Waals surface area (Å²) in [4.78, 5) is 39.8. The minimum Gasteiger partial charge on any atom is -0.353 e. The Kier molecular flexibility index (Phi) is 6.35. The molecule has 0 N–H and O–H groups in total. The molecular weight excluding hydrogens is 436 g/mol. The van der Waals surface area contributed by atoms with Gasteiger partial charge in [0.25, 0.3) is 5.91 Å². The zero-order valence-electron chi connectivity index (χ0n) is 19.6. The maximum absolute atomic E-state index is 13.4. The van der Waals surface area contributed by atoms with Crippen LogP contribution in [0.25, 0.3) is 11.3 Å². The van der Waals surface area contributed by atoms with Crippen LogP contribution in [0.2, 0.25) is 0 Å². The summed E-state index contributed by atoms with van der Waals surface area (Å²) in [6.07, 6.45) is 0. The molecule has 0 unspecified atom stereocenters. The quantitative estimate of drug-likeness (QED) is 0.404. The lowest BCUT2D eigenvalue weighted by Gasteiger charge is -2.35. The van der Waals surface area contributed by atoms with Crippen LogP contribution in [0, 0.1) is 6.92 Å². The first-order chi connectivity index (χ1) is 17.1. The minimum absolute atomic E-state index is 0.117. The number of amides is 1. The van der Waals surface area contributed by atoms with Gasteiger partial charge < -0.3 is 9.80 Å². The topological polar surface area (TPSA) is 66.4 Å². The van der Waals surface area contributed by atoms with Crippen molar-refractivity contribution in [3.8, 4) is 11.3 Å². The summed E-state index contributed by atoms with van der Waals surface area (Å²) in [7, 11) is 0. The van der Waals surface area contributed by atoms with Crippen LogP contribution < -0.4 is 4.90 Å². The second kappa shape index (κ2) is 9.89. The Morgan fingerprint density at radius 3 is 2.00 bits per heavy atom. The average molecular weight is 463 g/mol. The van der Waals surface area contributed by atoms with Crippen LogP contribution in [0.3, 0.4) is 0 Å². The maximum atomic E-state index is 13.4. The lowest BCUT2D eigenvalue weighted by atomic mass is 9.97. The molecule has 1 aromatic heterocycles. The summed E-state index contributed by atoms with van der Waals surface area (Å²) in [6.45, 7) is 4.32. The van der Waals surface area contributed by atoms with Gasteiger partial charge in [-0.05, 0) is 13.0 Å². The van der Waals surface area contributed by atoms with E-state index >= 15 is 0 Å². The first-order valence-electron chi connectivity index (χ1n) is 11.7. The third-order valence-corrected chi connectivity index (χ3v) is 6.22. The van der Waals surface area contributed by atoms with Gasteiger partial charge in [-0.2, -0.15) is 0 Å². The normalized spacial score (nSPS) is 13.5. The predicted octanol–water partition coefficient (Wildman–Crippen LogP) is 4.65. The van der Waals surface area contributed by atoms with E-state index in [2.05, 4.69) is 14.9 Å². The van der Waals surface area contributed by atoms with E-state index in [-0.39, 0.29) is 11.7 Å². The van der Waals surface area contributed by atoms with E-state index < -0.39 is 0 Å². The van der Waals surface area contributed by atoms with Gasteiger partial charge in [0.2, 0.25) is 0 Å². The smallest absolute Gasteiger partial charge is 0.254 e. The molecule has 0 bridgehead atoms. The van der Waals surface area contributed by atoms with Crippen LogP contribution in [0.5, 0.6) is 0 Å². The zero-order valence-corrected chi connectivity index (χ0v) is 19.6. The van der Waals surface area contributed by atoms with Gasteiger partial charge in [0, 0.05) is 48.9 Å². The van der Waals surface area contributed by atoms with Crippen molar-refractivity contribution in [1.29, 1.82) is 0 Å². The van der Waals surface area contributed by atoms with E-state index in [1.165, 1.54) is 0 Å². The number of carbonyl (C=O) groups is 2. The molecule has 1 amide bonds. The van der Waals surface area contributed by atoms with E-state index in [1.807, 2.05) is 66.4 Å². The Morgan fingerprint density at radius 2 is 1.31 bits per heavy atom. The Hall–Kier alpha value is -4.32. The van der Waals surface area contributed by atoms with Crippen molar-refractivity contribution < 1.29 is 9.59 Å². The molecule has 0 radical (unpaired) electrons. The first kappa shape index (κ1) is 22.5. The molecule has 35 heavy (non-hydrogen) atoms. The number of nitrogens with zero attached hydrogens (tertiary/aromatic N) is 4. The largest absolute Gasteiger partial charge is 0.353 e. The number of aryl methyl sites for hydroxylation is 1. The van der Waals surface area contributed by atoms with E-state index in [0.29, 0.717) is 48.7 Å². The number of benzene rings is 3. The van der Waals surface area contributed by atoms with Gasteiger partial charge in [0.05, 0.1) is 11.3 Å². The van der Waals surface area contributed by atoms with E-state index in [0.717, 1.165) is 17.1 Å². The fourth-order valence-corrected chi connectivity index (χ4v) is 4.39. The van der Waals surface area contributed by atoms with Crippen LogP contribution in [-0.4, -0.2) is 52.7 Å². The molecule has 0 spiro atoms. The minimum atomic E-state index is -0.141. The van der Waals surface area contributed by atoms with E-state index in [4.69, 9.17) is 0 Å². The maximum Gasteiger partial charge on any atom is 0.254 e. The van der Waals surface area contributed by atoms with E-state index in [1.54, 1.807) is 36.4 Å². The second-order valence-corrected chi connectivity index (χ2v) is 8.54. The molecule has 6 nitrogen and oxygen atoms in total. The van der Waals surface area contributed by atoms with Gasteiger partial charge in [-0.25, -0.2) is 9.97 Å². The molecule has 1 saturated heterocycles. The Morgan fingerprint density at radius 1 is 0.714 bits per heavy atom. The molecule has 4 aromatic rings. The second-order valence-electron chi connectivity index (χ2n) is 8.54. The lowest BCUT2D eigenvalue weighted by Crippen LogP contribution is -2.49. The first-order valence-corrected chi connectivity index (χ1v) is 11.7. The predicted molar refractivity (Wildman–Crippen MR) is 137 cm³/mol. The summed E-state index contributed by atoms with van der Waals surface area (Å²) in [5.74, 6) is 1.32. The van der Waals surface area contributed by atoms with Crippen molar-refractivity contribution in [2.75, 3.05) is 31.1 Å². The number of aromatic nitrogens is 2. The van der Waals surface area contributed by atoms with Gasteiger partial charge in [-0.3, -0.25) is 9.59 Å². The lowest BCUT2D eigenvalue weighted by molar-refractivity contribution is 0.0742. The zero-order chi connectivity index (χ0) is 24.2. The Balaban J connectivity index is 1.32. The van der Waals surface area contributed by atoms with Crippen molar-refractivity contribution in [3.05, 3.63) is 114 Å². The average Bonchev–Trinajstić information content (AvgIpc) is 2.93. The number of carbonyl (C=O) groups excluding carboxylic acids is 2. The number of hydrogen-bond donors (Lipinski definition) is 0. The van der Waals surface area contributed by atoms with E-state index in [9.17, 15) is 9.59 Å². The van der Waals surface area contributed by atoms with Crippen molar-refractivity contribution in [3.63, 3.8) is 0 Å². The Bertz CT molecular complexity index is 1350. The monoisotopic (exact) mass is 462 g/mol. The van der Waals surface area contributed by atoms with Crippen LogP contribution in [0.4, 0.5) is 5.82 Å². The van der Waals surface area contributed by atoms with Gasteiger partial charge in [0.15, 0.2) is 5.78 Å². The fraction of sp³-hybridized carbons (Fsp3) is 0.172. The Labute approximate surface area is 204 Å². The van der Waals surface area contributed by atoms with Gasteiger partial charge in [0.1, 0.15) is 11.6 Å².